The van der Waals surface area contributed by atoms with E-state index in [1.807, 2.05) is 49.5 Å². The summed E-state index contributed by atoms with van der Waals surface area (Å²) in [7, 11) is 1.89. The second-order valence-corrected chi connectivity index (χ2v) is 4.06. The zero-order chi connectivity index (χ0) is 13.0. The third-order valence-corrected chi connectivity index (χ3v) is 2.91. The monoisotopic (exact) mass is 241 g/mol. The Kier molecular flexibility index (Phi) is 3.75. The second-order valence-electron chi connectivity index (χ2n) is 4.06. The summed E-state index contributed by atoms with van der Waals surface area (Å²) >= 11 is 0. The van der Waals surface area contributed by atoms with E-state index in [0.29, 0.717) is 5.56 Å². The van der Waals surface area contributed by atoms with Crippen LogP contribution in [-0.4, -0.2) is 18.1 Å². The van der Waals surface area contributed by atoms with Crippen LogP contribution >= 0.6 is 0 Å². The predicted molar refractivity (Wildman–Crippen MR) is 70.7 cm³/mol. The Morgan fingerprint density at radius 2 is 1.56 bits per heavy atom. The van der Waals surface area contributed by atoms with E-state index in [9.17, 15) is 4.79 Å². The molecule has 2 aromatic carbocycles. The van der Waals surface area contributed by atoms with Crippen molar-refractivity contribution in [1.29, 1.82) is 0 Å². The van der Waals surface area contributed by atoms with Crippen molar-refractivity contribution in [3.63, 3.8) is 0 Å². The normalized spacial score (nSPS) is 12.1. The minimum atomic E-state index is -0.901. The lowest BCUT2D eigenvalue weighted by Crippen LogP contribution is -2.17. The smallest absolute Gasteiger partial charge is 0.335 e. The van der Waals surface area contributed by atoms with Gasteiger partial charge in [-0.2, -0.15) is 0 Å². The summed E-state index contributed by atoms with van der Waals surface area (Å²) < 4.78 is 0. The highest BCUT2D eigenvalue weighted by molar-refractivity contribution is 5.87. The third kappa shape index (κ3) is 2.57. The zero-order valence-corrected chi connectivity index (χ0v) is 10.1. The summed E-state index contributed by atoms with van der Waals surface area (Å²) in [5.41, 5.74) is 2.51. The maximum atomic E-state index is 10.8. The van der Waals surface area contributed by atoms with Crippen molar-refractivity contribution in [3.05, 3.63) is 71.3 Å². The number of rotatable bonds is 4. The number of benzene rings is 2. The third-order valence-electron chi connectivity index (χ3n) is 2.91. The Balaban J connectivity index is 2.31. The van der Waals surface area contributed by atoms with E-state index in [2.05, 4.69) is 5.32 Å². The Labute approximate surface area is 106 Å². The molecule has 3 nitrogen and oxygen atoms in total. The summed E-state index contributed by atoms with van der Waals surface area (Å²) in [6.45, 7) is 0. The van der Waals surface area contributed by atoms with Crippen molar-refractivity contribution < 1.29 is 9.90 Å². The number of nitrogens with one attached hydrogen (secondary N) is 1. The van der Waals surface area contributed by atoms with Gasteiger partial charge in [0.2, 0.25) is 0 Å². The quantitative estimate of drug-likeness (QED) is 0.865. The highest BCUT2D eigenvalue weighted by atomic mass is 16.4. The van der Waals surface area contributed by atoms with Crippen LogP contribution in [0.1, 0.15) is 27.5 Å². The van der Waals surface area contributed by atoms with Gasteiger partial charge >= 0.3 is 5.97 Å². The number of carboxylic acid groups (broad SMARTS) is 1. The Morgan fingerprint density at radius 3 is 2.06 bits per heavy atom. The van der Waals surface area contributed by atoms with Crippen LogP contribution in [0.2, 0.25) is 0 Å². The largest absolute Gasteiger partial charge is 0.478 e. The van der Waals surface area contributed by atoms with Crippen LogP contribution in [0.4, 0.5) is 0 Å². The van der Waals surface area contributed by atoms with Gasteiger partial charge in [0, 0.05) is 0 Å². The van der Waals surface area contributed by atoms with Crippen LogP contribution in [0.25, 0.3) is 0 Å². The summed E-state index contributed by atoms with van der Waals surface area (Å²) in [5.74, 6) is -0.901. The molecule has 18 heavy (non-hydrogen) atoms. The molecule has 0 radical (unpaired) electrons. The molecule has 2 rings (SSSR count). The number of carboxylic acids is 1. The molecule has 0 aromatic heterocycles. The molecule has 3 heteroatoms. The highest BCUT2D eigenvalue weighted by Gasteiger charge is 2.12. The molecule has 1 unspecified atom stereocenters. The fourth-order valence-corrected chi connectivity index (χ4v) is 1.99. The van der Waals surface area contributed by atoms with Crippen molar-refractivity contribution >= 4 is 5.97 Å². The lowest BCUT2D eigenvalue weighted by Gasteiger charge is -2.17. The standard InChI is InChI=1S/C15H15NO2/c1-16-14(11-5-3-2-4-6-11)12-7-9-13(10-8-12)15(17)18/h2-10,14,16H,1H3,(H,17,18). The lowest BCUT2D eigenvalue weighted by atomic mass is 9.98. The molecule has 0 saturated carbocycles. The van der Waals surface area contributed by atoms with Crippen molar-refractivity contribution in [2.24, 2.45) is 0 Å². The van der Waals surface area contributed by atoms with E-state index in [0.717, 1.165) is 11.1 Å². The molecule has 1 atom stereocenters. The Bertz CT molecular complexity index is 520. The second kappa shape index (κ2) is 5.47. The molecule has 0 bridgehead atoms. The van der Waals surface area contributed by atoms with E-state index >= 15 is 0 Å². The SMILES string of the molecule is CNC(c1ccccc1)c1ccc(C(=O)O)cc1. The number of hydrogen-bond donors (Lipinski definition) is 2. The highest BCUT2D eigenvalue weighted by Crippen LogP contribution is 2.21. The predicted octanol–water partition coefficient (Wildman–Crippen LogP) is 2.69. The van der Waals surface area contributed by atoms with Crippen molar-refractivity contribution in [3.8, 4) is 0 Å². The van der Waals surface area contributed by atoms with Crippen LogP contribution < -0.4 is 5.32 Å². The minimum absolute atomic E-state index is 0.0778. The Hall–Kier alpha value is -2.13. The molecule has 0 saturated heterocycles. The number of hydrogen-bond acceptors (Lipinski definition) is 2. The summed E-state index contributed by atoms with van der Waals surface area (Å²) in [6, 6.07) is 17.1. The van der Waals surface area contributed by atoms with E-state index in [-0.39, 0.29) is 6.04 Å². The van der Waals surface area contributed by atoms with Gasteiger partial charge < -0.3 is 10.4 Å². The maximum Gasteiger partial charge on any atom is 0.335 e. The molecular weight excluding hydrogens is 226 g/mol. The van der Waals surface area contributed by atoms with Gasteiger partial charge in [-0.15, -0.1) is 0 Å². The van der Waals surface area contributed by atoms with Crippen molar-refractivity contribution in [2.75, 3.05) is 7.05 Å². The molecule has 0 heterocycles. The topological polar surface area (TPSA) is 49.3 Å². The number of carbonyl (C=O) groups is 1. The van der Waals surface area contributed by atoms with Gasteiger partial charge in [0.05, 0.1) is 11.6 Å². The van der Waals surface area contributed by atoms with Gasteiger partial charge in [0.25, 0.3) is 0 Å². The summed E-state index contributed by atoms with van der Waals surface area (Å²) in [4.78, 5) is 10.8. The molecule has 0 aliphatic carbocycles. The molecule has 2 N–H and O–H groups in total. The van der Waals surface area contributed by atoms with E-state index in [1.54, 1.807) is 12.1 Å². The van der Waals surface area contributed by atoms with Crippen LogP contribution in [0.5, 0.6) is 0 Å². The van der Waals surface area contributed by atoms with Crippen LogP contribution in [0, 0.1) is 0 Å². The molecule has 0 aliphatic heterocycles. The maximum absolute atomic E-state index is 10.8. The van der Waals surface area contributed by atoms with Gasteiger partial charge in [-0.25, -0.2) is 4.79 Å². The molecule has 0 amide bonds. The fraction of sp³-hybridized carbons (Fsp3) is 0.133. The van der Waals surface area contributed by atoms with Gasteiger partial charge in [-0.3, -0.25) is 0 Å². The zero-order valence-electron chi connectivity index (χ0n) is 10.1. The summed E-state index contributed by atoms with van der Waals surface area (Å²) in [6.07, 6.45) is 0. The molecule has 2 aromatic rings. The van der Waals surface area contributed by atoms with Crippen molar-refractivity contribution in [2.45, 2.75) is 6.04 Å². The molecular formula is C15H15NO2. The van der Waals surface area contributed by atoms with E-state index < -0.39 is 5.97 Å². The molecule has 0 spiro atoms. The van der Waals surface area contributed by atoms with E-state index in [4.69, 9.17) is 5.11 Å². The average molecular weight is 241 g/mol. The van der Waals surface area contributed by atoms with Gasteiger partial charge in [-0.1, -0.05) is 42.5 Å². The van der Waals surface area contributed by atoms with Crippen LogP contribution in [0.15, 0.2) is 54.6 Å². The molecule has 0 aliphatic rings. The average Bonchev–Trinajstić information content (AvgIpc) is 2.41. The van der Waals surface area contributed by atoms with Gasteiger partial charge in [0.15, 0.2) is 0 Å². The lowest BCUT2D eigenvalue weighted by molar-refractivity contribution is 0.0697. The summed E-state index contributed by atoms with van der Waals surface area (Å²) in [5, 5.41) is 12.1. The molecule has 0 fully saturated rings. The van der Waals surface area contributed by atoms with Crippen LogP contribution in [-0.2, 0) is 0 Å². The first-order valence-electron chi connectivity index (χ1n) is 5.78. The van der Waals surface area contributed by atoms with Gasteiger partial charge in [0.1, 0.15) is 0 Å². The van der Waals surface area contributed by atoms with E-state index in [1.165, 1.54) is 0 Å². The Morgan fingerprint density at radius 1 is 1.00 bits per heavy atom. The molecule has 92 valence electrons. The van der Waals surface area contributed by atoms with Crippen molar-refractivity contribution in [1.82, 2.24) is 5.32 Å². The van der Waals surface area contributed by atoms with Gasteiger partial charge in [-0.05, 0) is 30.3 Å². The van der Waals surface area contributed by atoms with Crippen LogP contribution in [0.3, 0.4) is 0 Å². The first-order chi connectivity index (χ1) is 8.72. The number of aromatic carboxylic acids is 1. The first-order valence-corrected chi connectivity index (χ1v) is 5.78. The minimum Gasteiger partial charge on any atom is -0.478 e. The fourth-order valence-electron chi connectivity index (χ4n) is 1.99. The first kappa shape index (κ1) is 12.3.